The molecule has 2 atom stereocenters. The van der Waals surface area contributed by atoms with Crippen LogP contribution in [0.1, 0.15) is 42.5 Å². The largest absolute Gasteiger partial charge is 0.349 e. The molecule has 0 radical (unpaired) electrons. The SMILES string of the molecule is Cl.NC1CC2CCCC(C1)C2NC(=O)c1ccc(F)cc1F. The Labute approximate surface area is 135 Å². The molecule has 2 unspecified atom stereocenters. The van der Waals surface area contributed by atoms with Crippen molar-refractivity contribution < 1.29 is 13.6 Å². The topological polar surface area (TPSA) is 55.1 Å². The molecule has 0 saturated heterocycles. The maximum atomic E-state index is 13.7. The van der Waals surface area contributed by atoms with Crippen LogP contribution < -0.4 is 11.1 Å². The number of fused-ring (bicyclic) bond motifs is 2. The smallest absolute Gasteiger partial charge is 0.254 e. The van der Waals surface area contributed by atoms with Gasteiger partial charge in [-0.05, 0) is 49.7 Å². The average molecular weight is 331 g/mol. The lowest BCUT2D eigenvalue weighted by Crippen LogP contribution is -2.53. The fraction of sp³-hybridized carbons (Fsp3) is 0.562. The zero-order chi connectivity index (χ0) is 15.0. The van der Waals surface area contributed by atoms with Crippen molar-refractivity contribution in [2.24, 2.45) is 17.6 Å². The molecule has 2 fully saturated rings. The molecule has 122 valence electrons. The number of nitrogens with two attached hydrogens (primary N) is 1. The zero-order valence-electron chi connectivity index (χ0n) is 12.2. The molecule has 0 aliphatic heterocycles. The summed E-state index contributed by atoms with van der Waals surface area (Å²) in [5.41, 5.74) is 5.96. The second kappa shape index (κ2) is 6.92. The number of benzene rings is 1. The van der Waals surface area contributed by atoms with Gasteiger partial charge in [0.1, 0.15) is 11.6 Å². The van der Waals surface area contributed by atoms with Crippen LogP contribution in [0.25, 0.3) is 0 Å². The Balaban J connectivity index is 0.00000176. The van der Waals surface area contributed by atoms with Gasteiger partial charge in [-0.3, -0.25) is 4.79 Å². The maximum absolute atomic E-state index is 13.7. The third-order valence-electron chi connectivity index (χ3n) is 4.85. The second-order valence-corrected chi connectivity index (χ2v) is 6.31. The number of nitrogens with one attached hydrogen (secondary N) is 1. The number of hydrogen-bond donors (Lipinski definition) is 2. The highest BCUT2D eigenvalue weighted by Crippen LogP contribution is 2.39. The molecule has 2 saturated carbocycles. The molecule has 6 heteroatoms. The van der Waals surface area contributed by atoms with E-state index in [1.165, 1.54) is 12.5 Å². The van der Waals surface area contributed by atoms with Gasteiger partial charge in [-0.1, -0.05) is 6.42 Å². The highest BCUT2D eigenvalue weighted by molar-refractivity contribution is 5.94. The van der Waals surface area contributed by atoms with E-state index in [9.17, 15) is 13.6 Å². The number of carbonyl (C=O) groups is 1. The van der Waals surface area contributed by atoms with Crippen LogP contribution in [0, 0.1) is 23.5 Å². The number of hydrogen-bond acceptors (Lipinski definition) is 2. The van der Waals surface area contributed by atoms with E-state index >= 15 is 0 Å². The van der Waals surface area contributed by atoms with Gasteiger partial charge in [-0.15, -0.1) is 12.4 Å². The Morgan fingerprint density at radius 2 is 1.82 bits per heavy atom. The van der Waals surface area contributed by atoms with Crippen LogP contribution in [0.15, 0.2) is 18.2 Å². The van der Waals surface area contributed by atoms with Gasteiger partial charge in [-0.2, -0.15) is 0 Å². The second-order valence-electron chi connectivity index (χ2n) is 6.31. The van der Waals surface area contributed by atoms with Crippen molar-refractivity contribution in [1.82, 2.24) is 5.32 Å². The minimum atomic E-state index is -0.815. The zero-order valence-corrected chi connectivity index (χ0v) is 13.0. The van der Waals surface area contributed by atoms with Crippen molar-refractivity contribution in [2.45, 2.75) is 44.2 Å². The Morgan fingerprint density at radius 3 is 2.41 bits per heavy atom. The van der Waals surface area contributed by atoms with E-state index in [1.807, 2.05) is 0 Å². The van der Waals surface area contributed by atoms with Crippen molar-refractivity contribution in [3.8, 4) is 0 Å². The maximum Gasteiger partial charge on any atom is 0.254 e. The molecule has 22 heavy (non-hydrogen) atoms. The summed E-state index contributed by atoms with van der Waals surface area (Å²) in [4.78, 5) is 12.3. The van der Waals surface area contributed by atoms with Crippen molar-refractivity contribution in [2.75, 3.05) is 0 Å². The molecule has 2 bridgehead atoms. The van der Waals surface area contributed by atoms with Gasteiger partial charge in [0, 0.05) is 18.2 Å². The Kier molecular flexibility index (Phi) is 5.40. The molecule has 0 aromatic heterocycles. The molecular formula is C16H21ClF2N2O. The van der Waals surface area contributed by atoms with Crippen molar-refractivity contribution >= 4 is 18.3 Å². The molecule has 1 aromatic rings. The van der Waals surface area contributed by atoms with Gasteiger partial charge < -0.3 is 11.1 Å². The summed E-state index contributed by atoms with van der Waals surface area (Å²) in [6, 6.07) is 3.32. The normalized spacial score (nSPS) is 30.3. The first-order valence-corrected chi connectivity index (χ1v) is 7.56. The number of rotatable bonds is 2. The molecule has 3 N–H and O–H groups in total. The molecule has 1 amide bonds. The summed E-state index contributed by atoms with van der Waals surface area (Å²) < 4.78 is 26.6. The first-order valence-electron chi connectivity index (χ1n) is 7.56. The van der Waals surface area contributed by atoms with E-state index in [2.05, 4.69) is 5.32 Å². The Bertz CT molecular complexity index is 541. The van der Waals surface area contributed by atoms with Crippen LogP contribution >= 0.6 is 12.4 Å². The fourth-order valence-electron chi connectivity index (χ4n) is 3.93. The van der Waals surface area contributed by atoms with Crippen LogP contribution in [0.3, 0.4) is 0 Å². The highest BCUT2D eigenvalue weighted by Gasteiger charge is 2.40. The molecule has 0 heterocycles. The molecule has 3 rings (SSSR count). The molecular weight excluding hydrogens is 310 g/mol. The quantitative estimate of drug-likeness (QED) is 0.875. The first kappa shape index (κ1) is 17.2. The molecule has 2 aliphatic carbocycles. The van der Waals surface area contributed by atoms with E-state index < -0.39 is 17.5 Å². The summed E-state index contributed by atoms with van der Waals surface area (Å²) in [5.74, 6) is -1.19. The van der Waals surface area contributed by atoms with Crippen molar-refractivity contribution in [3.63, 3.8) is 0 Å². The van der Waals surface area contributed by atoms with E-state index in [0.717, 1.165) is 37.8 Å². The predicted molar refractivity (Wildman–Crippen MR) is 82.9 cm³/mol. The van der Waals surface area contributed by atoms with Crippen LogP contribution in [-0.4, -0.2) is 18.0 Å². The number of halogens is 3. The van der Waals surface area contributed by atoms with Crippen molar-refractivity contribution in [1.29, 1.82) is 0 Å². The lowest BCUT2D eigenvalue weighted by Gasteiger charge is -2.45. The molecule has 3 nitrogen and oxygen atoms in total. The first-order chi connectivity index (χ1) is 10.0. The molecule has 0 spiro atoms. The minimum absolute atomic E-state index is 0. The molecule has 2 aliphatic rings. The van der Waals surface area contributed by atoms with Crippen LogP contribution in [-0.2, 0) is 0 Å². The highest BCUT2D eigenvalue weighted by atomic mass is 35.5. The number of carbonyl (C=O) groups excluding carboxylic acids is 1. The van der Waals surface area contributed by atoms with E-state index in [1.54, 1.807) is 0 Å². The third kappa shape index (κ3) is 3.41. The Hall–Kier alpha value is -1.20. The Morgan fingerprint density at radius 1 is 1.18 bits per heavy atom. The van der Waals surface area contributed by atoms with Gasteiger partial charge in [0.15, 0.2) is 0 Å². The summed E-state index contributed by atoms with van der Waals surface area (Å²) in [5, 5.41) is 2.96. The van der Waals surface area contributed by atoms with E-state index in [-0.39, 0.29) is 30.1 Å². The van der Waals surface area contributed by atoms with Gasteiger partial charge in [-0.25, -0.2) is 8.78 Å². The van der Waals surface area contributed by atoms with Gasteiger partial charge in [0.05, 0.1) is 5.56 Å². The third-order valence-corrected chi connectivity index (χ3v) is 4.85. The number of amides is 1. The summed E-state index contributed by atoms with van der Waals surface area (Å²) >= 11 is 0. The fourth-order valence-corrected chi connectivity index (χ4v) is 3.93. The average Bonchev–Trinajstić information content (AvgIpc) is 2.39. The minimum Gasteiger partial charge on any atom is -0.349 e. The summed E-state index contributed by atoms with van der Waals surface area (Å²) in [7, 11) is 0. The lowest BCUT2D eigenvalue weighted by molar-refractivity contribution is 0.0752. The predicted octanol–water partition coefficient (Wildman–Crippen LogP) is 3.02. The van der Waals surface area contributed by atoms with Gasteiger partial charge in [0.2, 0.25) is 0 Å². The summed E-state index contributed by atoms with van der Waals surface area (Å²) in [6.45, 7) is 0. The molecule has 1 aromatic carbocycles. The summed E-state index contributed by atoms with van der Waals surface area (Å²) in [6.07, 6.45) is 5.10. The monoisotopic (exact) mass is 330 g/mol. The van der Waals surface area contributed by atoms with Crippen LogP contribution in [0.4, 0.5) is 8.78 Å². The van der Waals surface area contributed by atoms with Crippen LogP contribution in [0.5, 0.6) is 0 Å². The van der Waals surface area contributed by atoms with E-state index in [4.69, 9.17) is 5.73 Å². The standard InChI is InChI=1S/C16H20F2N2O.ClH/c17-11-4-5-13(14(18)8-11)16(21)20-15-9-2-1-3-10(15)7-12(19)6-9;/h4-5,8-10,12,15H,1-3,6-7,19H2,(H,20,21);1H. The van der Waals surface area contributed by atoms with Gasteiger partial charge in [0.25, 0.3) is 5.91 Å². The van der Waals surface area contributed by atoms with Gasteiger partial charge >= 0.3 is 0 Å². The van der Waals surface area contributed by atoms with Crippen molar-refractivity contribution in [3.05, 3.63) is 35.4 Å². The van der Waals surface area contributed by atoms with E-state index in [0.29, 0.717) is 11.8 Å². The van der Waals surface area contributed by atoms with Crippen LogP contribution in [0.2, 0.25) is 0 Å². The lowest BCUT2D eigenvalue weighted by atomic mass is 9.67.